The third-order valence-corrected chi connectivity index (χ3v) is 5.12. The van der Waals surface area contributed by atoms with Gasteiger partial charge in [0.25, 0.3) is 10.0 Å². The number of rotatable bonds is 5. The summed E-state index contributed by atoms with van der Waals surface area (Å²) in [6.07, 6.45) is 0.754. The van der Waals surface area contributed by atoms with Crippen molar-refractivity contribution in [1.82, 2.24) is 0 Å². The molecule has 2 aromatic rings. The Morgan fingerprint density at radius 2 is 1.75 bits per heavy atom. The lowest BCUT2D eigenvalue weighted by atomic mass is 10.1. The minimum absolute atomic E-state index is 0.0837. The fourth-order valence-electron chi connectivity index (χ4n) is 2.15. The number of nitrogens with zero attached hydrogens (tertiary/aromatic N) is 1. The van der Waals surface area contributed by atoms with E-state index in [0.29, 0.717) is 4.31 Å². The average molecular weight is 348 g/mol. The zero-order valence-electron chi connectivity index (χ0n) is 12.8. The van der Waals surface area contributed by atoms with Gasteiger partial charge in [-0.25, -0.2) is 18.0 Å². The molecule has 0 bridgehead atoms. The minimum Gasteiger partial charge on any atom is -0.478 e. The average Bonchev–Trinajstić information content (AvgIpc) is 2.55. The molecule has 0 aliphatic carbocycles. The summed E-state index contributed by atoms with van der Waals surface area (Å²) in [4.78, 5) is 22.4. The van der Waals surface area contributed by atoms with Gasteiger partial charge < -0.3 is 10.8 Å². The number of urea groups is 1. The number of aromatic carboxylic acids is 1. The molecule has 2 rings (SSSR count). The number of hydrogen-bond acceptors (Lipinski definition) is 4. The maximum Gasteiger partial charge on any atom is 0.335 e. The number of aryl methyl sites for hydroxylation is 1. The Bertz CT molecular complexity index is 876. The first-order chi connectivity index (χ1) is 11.3. The van der Waals surface area contributed by atoms with Crippen LogP contribution in [0.5, 0.6) is 0 Å². The zero-order chi connectivity index (χ0) is 17.9. The number of carboxylic acid groups (broad SMARTS) is 1. The van der Waals surface area contributed by atoms with Gasteiger partial charge in [-0.2, -0.15) is 4.31 Å². The van der Waals surface area contributed by atoms with Crippen molar-refractivity contribution in [2.75, 3.05) is 4.31 Å². The Hall–Kier alpha value is -2.87. The van der Waals surface area contributed by atoms with Gasteiger partial charge in [0.15, 0.2) is 0 Å². The molecule has 24 heavy (non-hydrogen) atoms. The number of anilines is 1. The molecule has 0 aliphatic heterocycles. The Morgan fingerprint density at radius 1 is 1.12 bits per heavy atom. The molecule has 0 spiro atoms. The molecule has 0 atom stereocenters. The van der Waals surface area contributed by atoms with Gasteiger partial charge in [-0.05, 0) is 42.3 Å². The predicted molar refractivity (Wildman–Crippen MR) is 88.5 cm³/mol. The van der Waals surface area contributed by atoms with Crippen molar-refractivity contribution in [3.05, 3.63) is 59.7 Å². The molecule has 0 radical (unpaired) electrons. The number of sulfonamides is 1. The molecule has 8 heteroatoms. The maximum absolute atomic E-state index is 12.7. The second-order valence-corrected chi connectivity index (χ2v) is 6.75. The molecule has 0 saturated heterocycles. The van der Waals surface area contributed by atoms with E-state index in [4.69, 9.17) is 10.8 Å². The van der Waals surface area contributed by atoms with Crippen LogP contribution in [-0.4, -0.2) is 25.5 Å². The number of primary amides is 1. The highest BCUT2D eigenvalue weighted by Crippen LogP contribution is 2.24. The molecule has 3 N–H and O–H groups in total. The van der Waals surface area contributed by atoms with Crippen molar-refractivity contribution in [3.63, 3.8) is 0 Å². The first kappa shape index (κ1) is 17.5. The van der Waals surface area contributed by atoms with Crippen LogP contribution in [0, 0.1) is 0 Å². The lowest BCUT2D eigenvalue weighted by Crippen LogP contribution is -2.40. The monoisotopic (exact) mass is 348 g/mol. The van der Waals surface area contributed by atoms with Crippen LogP contribution >= 0.6 is 0 Å². The second-order valence-electron chi connectivity index (χ2n) is 4.96. The van der Waals surface area contributed by atoms with E-state index >= 15 is 0 Å². The van der Waals surface area contributed by atoms with E-state index < -0.39 is 22.0 Å². The Balaban J connectivity index is 2.55. The highest BCUT2D eigenvalue weighted by Gasteiger charge is 2.30. The van der Waals surface area contributed by atoms with Crippen molar-refractivity contribution in [3.8, 4) is 0 Å². The molecule has 0 fully saturated rings. The Kier molecular flexibility index (Phi) is 4.89. The molecule has 0 unspecified atom stereocenters. The summed E-state index contributed by atoms with van der Waals surface area (Å²) < 4.78 is 25.9. The Morgan fingerprint density at radius 3 is 2.25 bits per heavy atom. The van der Waals surface area contributed by atoms with Crippen molar-refractivity contribution < 1.29 is 23.1 Å². The van der Waals surface area contributed by atoms with Crippen LogP contribution in [0.15, 0.2) is 53.4 Å². The lowest BCUT2D eigenvalue weighted by Gasteiger charge is -2.20. The topological polar surface area (TPSA) is 118 Å². The SMILES string of the molecule is CCc1ccc(N(C(N)=O)S(=O)(=O)c2cccc(C(=O)O)c2)cc1. The molecule has 2 amide bonds. The number of hydrogen-bond donors (Lipinski definition) is 2. The number of amides is 2. The van der Waals surface area contributed by atoms with Gasteiger partial charge in [0.05, 0.1) is 16.1 Å². The summed E-state index contributed by atoms with van der Waals surface area (Å²) in [5.74, 6) is -1.27. The summed E-state index contributed by atoms with van der Waals surface area (Å²) >= 11 is 0. The van der Waals surface area contributed by atoms with Crippen LogP contribution in [0.1, 0.15) is 22.8 Å². The van der Waals surface area contributed by atoms with Crippen molar-refractivity contribution in [1.29, 1.82) is 0 Å². The van der Waals surface area contributed by atoms with Crippen LogP contribution in [0.25, 0.3) is 0 Å². The van der Waals surface area contributed by atoms with E-state index in [1.807, 2.05) is 6.92 Å². The van der Waals surface area contributed by atoms with Gasteiger partial charge in [0.1, 0.15) is 0 Å². The van der Waals surface area contributed by atoms with E-state index in [1.165, 1.54) is 30.3 Å². The van der Waals surface area contributed by atoms with E-state index in [1.54, 1.807) is 12.1 Å². The lowest BCUT2D eigenvalue weighted by molar-refractivity contribution is 0.0696. The number of carbonyl (C=O) groups excluding carboxylic acids is 1. The van der Waals surface area contributed by atoms with Gasteiger partial charge in [-0.1, -0.05) is 25.1 Å². The molecular weight excluding hydrogens is 332 g/mol. The smallest absolute Gasteiger partial charge is 0.335 e. The van der Waals surface area contributed by atoms with Gasteiger partial charge in [-0.3, -0.25) is 0 Å². The van der Waals surface area contributed by atoms with Crippen LogP contribution in [0.2, 0.25) is 0 Å². The number of benzene rings is 2. The van der Waals surface area contributed by atoms with E-state index in [-0.39, 0.29) is 16.1 Å². The normalized spacial score (nSPS) is 11.0. The van der Waals surface area contributed by atoms with Crippen molar-refractivity contribution in [2.24, 2.45) is 5.73 Å². The summed E-state index contributed by atoms with van der Waals surface area (Å²) in [7, 11) is -4.33. The van der Waals surface area contributed by atoms with Gasteiger partial charge >= 0.3 is 12.0 Å². The highest BCUT2D eigenvalue weighted by atomic mass is 32.2. The molecule has 0 aromatic heterocycles. The quantitative estimate of drug-likeness (QED) is 0.859. The van der Waals surface area contributed by atoms with E-state index in [2.05, 4.69) is 0 Å². The number of nitrogens with two attached hydrogens (primary N) is 1. The van der Waals surface area contributed by atoms with E-state index in [9.17, 15) is 18.0 Å². The second kappa shape index (κ2) is 6.71. The summed E-state index contributed by atoms with van der Waals surface area (Å²) in [5.41, 5.74) is 6.10. The standard InChI is InChI=1S/C16H16N2O5S/c1-2-11-6-8-13(9-7-11)18(16(17)21)24(22,23)14-5-3-4-12(10-14)15(19)20/h3-10H,2H2,1H3,(H2,17,21)(H,19,20). The van der Waals surface area contributed by atoms with Gasteiger partial charge in [-0.15, -0.1) is 0 Å². The minimum atomic E-state index is -4.33. The maximum atomic E-state index is 12.7. The number of carboxylic acids is 1. The van der Waals surface area contributed by atoms with Gasteiger partial charge in [0, 0.05) is 0 Å². The Labute approximate surface area is 139 Å². The molecule has 0 heterocycles. The third-order valence-electron chi connectivity index (χ3n) is 3.40. The van der Waals surface area contributed by atoms with Crippen LogP contribution < -0.4 is 10.0 Å². The number of carbonyl (C=O) groups is 2. The largest absolute Gasteiger partial charge is 0.478 e. The molecule has 2 aromatic carbocycles. The van der Waals surface area contributed by atoms with Gasteiger partial charge in [0.2, 0.25) is 0 Å². The van der Waals surface area contributed by atoms with E-state index in [0.717, 1.165) is 18.1 Å². The first-order valence-electron chi connectivity index (χ1n) is 7.04. The zero-order valence-corrected chi connectivity index (χ0v) is 13.7. The summed E-state index contributed by atoms with van der Waals surface area (Å²) in [5, 5.41) is 9.00. The molecule has 126 valence electrons. The van der Waals surface area contributed by atoms with Crippen molar-refractivity contribution in [2.45, 2.75) is 18.2 Å². The fourth-order valence-corrected chi connectivity index (χ4v) is 3.52. The molecule has 7 nitrogen and oxygen atoms in total. The third kappa shape index (κ3) is 3.38. The fraction of sp³-hybridized carbons (Fsp3) is 0.125. The first-order valence-corrected chi connectivity index (χ1v) is 8.48. The van der Waals surface area contributed by atoms with Crippen LogP contribution in [-0.2, 0) is 16.4 Å². The molecule has 0 saturated carbocycles. The predicted octanol–water partition coefficient (Wildman–Crippen LogP) is 2.22. The summed E-state index contributed by atoms with van der Waals surface area (Å²) in [6, 6.07) is 9.88. The summed E-state index contributed by atoms with van der Waals surface area (Å²) in [6.45, 7) is 1.94. The van der Waals surface area contributed by atoms with Crippen LogP contribution in [0.3, 0.4) is 0 Å². The molecular formula is C16H16N2O5S. The highest BCUT2D eigenvalue weighted by molar-refractivity contribution is 7.93. The van der Waals surface area contributed by atoms with Crippen molar-refractivity contribution >= 4 is 27.7 Å². The molecule has 0 aliphatic rings. The van der Waals surface area contributed by atoms with Crippen LogP contribution in [0.4, 0.5) is 10.5 Å².